The highest BCUT2D eigenvalue weighted by Crippen LogP contribution is 2.30. The Kier molecular flexibility index (Phi) is 3.78. The van der Waals surface area contributed by atoms with E-state index in [4.69, 9.17) is 0 Å². The van der Waals surface area contributed by atoms with Crippen LogP contribution in [0.15, 0.2) is 36.9 Å². The van der Waals surface area contributed by atoms with Crippen molar-refractivity contribution >= 4 is 0 Å². The topological polar surface area (TPSA) is 29.9 Å². The number of hydrogen-bond donors (Lipinski definition) is 1. The van der Waals surface area contributed by atoms with Crippen molar-refractivity contribution < 1.29 is 8.78 Å². The first kappa shape index (κ1) is 13.2. The molecule has 0 amide bonds. The zero-order valence-corrected chi connectivity index (χ0v) is 11.1. The van der Waals surface area contributed by atoms with Crippen molar-refractivity contribution in [3.63, 3.8) is 0 Å². The van der Waals surface area contributed by atoms with Gasteiger partial charge in [0.15, 0.2) is 11.6 Å². The Labute approximate surface area is 116 Å². The molecular weight excluding hydrogens is 260 g/mol. The van der Waals surface area contributed by atoms with Gasteiger partial charge in [0, 0.05) is 36.6 Å². The van der Waals surface area contributed by atoms with E-state index < -0.39 is 11.6 Å². The number of halogens is 2. The van der Waals surface area contributed by atoms with Crippen LogP contribution in [0, 0.1) is 11.6 Å². The van der Waals surface area contributed by atoms with E-state index >= 15 is 0 Å². The van der Waals surface area contributed by atoms with Crippen molar-refractivity contribution in [1.29, 1.82) is 0 Å². The van der Waals surface area contributed by atoms with Crippen molar-refractivity contribution in [2.75, 3.05) is 0 Å². The molecule has 1 heterocycles. The van der Waals surface area contributed by atoms with Crippen LogP contribution in [0.1, 0.15) is 30.9 Å². The van der Waals surface area contributed by atoms with Gasteiger partial charge in [0.25, 0.3) is 0 Å². The van der Waals surface area contributed by atoms with Gasteiger partial charge < -0.3 is 9.88 Å². The molecular formula is C15H17F2N3. The van der Waals surface area contributed by atoms with Crippen molar-refractivity contribution in [3.8, 4) is 0 Å². The molecule has 20 heavy (non-hydrogen) atoms. The summed E-state index contributed by atoms with van der Waals surface area (Å²) in [7, 11) is 0. The number of nitrogens with one attached hydrogen (secondary N) is 1. The van der Waals surface area contributed by atoms with Gasteiger partial charge >= 0.3 is 0 Å². The number of imidazole rings is 1. The zero-order valence-electron chi connectivity index (χ0n) is 11.1. The molecule has 2 atom stereocenters. The van der Waals surface area contributed by atoms with Crippen LogP contribution >= 0.6 is 0 Å². The highest BCUT2D eigenvalue weighted by Gasteiger charge is 2.28. The molecule has 1 aliphatic carbocycles. The third-order valence-corrected chi connectivity index (χ3v) is 3.97. The minimum Gasteiger partial charge on any atom is -0.333 e. The number of hydrogen-bond acceptors (Lipinski definition) is 2. The molecule has 0 bridgehead atoms. The molecule has 2 aromatic rings. The molecule has 1 N–H and O–H groups in total. The summed E-state index contributed by atoms with van der Waals surface area (Å²) in [4.78, 5) is 4.07. The van der Waals surface area contributed by atoms with E-state index in [1.807, 2.05) is 12.5 Å². The summed E-state index contributed by atoms with van der Waals surface area (Å²) in [5.74, 6) is -1.54. The molecule has 1 aromatic heterocycles. The highest BCUT2D eigenvalue weighted by atomic mass is 19.2. The number of benzene rings is 1. The SMILES string of the molecule is Fc1cccc(CNC2CCCC2n2ccnc2)c1F. The van der Waals surface area contributed by atoms with Crippen molar-refractivity contribution in [2.45, 2.75) is 37.9 Å². The van der Waals surface area contributed by atoms with E-state index in [1.165, 1.54) is 6.07 Å². The van der Waals surface area contributed by atoms with E-state index in [0.29, 0.717) is 18.2 Å². The monoisotopic (exact) mass is 277 g/mol. The van der Waals surface area contributed by atoms with Crippen LogP contribution in [-0.4, -0.2) is 15.6 Å². The van der Waals surface area contributed by atoms with Crippen LogP contribution in [0.2, 0.25) is 0 Å². The second-order valence-corrected chi connectivity index (χ2v) is 5.21. The average molecular weight is 277 g/mol. The summed E-state index contributed by atoms with van der Waals surface area (Å²) in [6.07, 6.45) is 8.79. The first-order chi connectivity index (χ1) is 9.75. The highest BCUT2D eigenvalue weighted by molar-refractivity contribution is 5.18. The summed E-state index contributed by atoms with van der Waals surface area (Å²) in [6.45, 7) is 0.347. The maximum atomic E-state index is 13.6. The second kappa shape index (κ2) is 5.71. The summed E-state index contributed by atoms with van der Waals surface area (Å²) in [6, 6.07) is 4.91. The van der Waals surface area contributed by atoms with Crippen molar-refractivity contribution in [2.24, 2.45) is 0 Å². The molecule has 3 nitrogen and oxygen atoms in total. The first-order valence-corrected chi connectivity index (χ1v) is 6.89. The lowest BCUT2D eigenvalue weighted by Gasteiger charge is -2.22. The lowest BCUT2D eigenvalue weighted by atomic mass is 10.1. The van der Waals surface area contributed by atoms with Gasteiger partial charge in [-0.2, -0.15) is 0 Å². The van der Waals surface area contributed by atoms with Crippen LogP contribution in [0.3, 0.4) is 0 Å². The molecule has 0 saturated heterocycles. The van der Waals surface area contributed by atoms with Gasteiger partial charge in [-0.1, -0.05) is 12.1 Å². The van der Waals surface area contributed by atoms with E-state index in [-0.39, 0.29) is 6.04 Å². The van der Waals surface area contributed by atoms with E-state index in [0.717, 1.165) is 25.3 Å². The van der Waals surface area contributed by atoms with Crippen LogP contribution < -0.4 is 5.32 Å². The van der Waals surface area contributed by atoms with Crippen LogP contribution in [0.5, 0.6) is 0 Å². The Morgan fingerprint density at radius 1 is 1.30 bits per heavy atom. The molecule has 106 valence electrons. The number of nitrogens with zero attached hydrogens (tertiary/aromatic N) is 2. The molecule has 0 radical (unpaired) electrons. The van der Waals surface area contributed by atoms with Gasteiger partial charge in [0.2, 0.25) is 0 Å². The minimum absolute atomic E-state index is 0.270. The Hall–Kier alpha value is -1.75. The molecule has 0 spiro atoms. The summed E-state index contributed by atoms with van der Waals surface area (Å²) in [5, 5.41) is 3.35. The maximum Gasteiger partial charge on any atom is 0.163 e. The lowest BCUT2D eigenvalue weighted by molar-refractivity contribution is 0.386. The van der Waals surface area contributed by atoms with Gasteiger partial charge in [0.05, 0.1) is 6.33 Å². The van der Waals surface area contributed by atoms with Gasteiger partial charge in [-0.15, -0.1) is 0 Å². The fourth-order valence-corrected chi connectivity index (χ4v) is 2.93. The maximum absolute atomic E-state index is 13.6. The van der Waals surface area contributed by atoms with Crippen molar-refractivity contribution in [3.05, 3.63) is 54.1 Å². The van der Waals surface area contributed by atoms with Gasteiger partial charge in [-0.3, -0.25) is 0 Å². The Balaban J connectivity index is 1.67. The fraction of sp³-hybridized carbons (Fsp3) is 0.400. The molecule has 0 aliphatic heterocycles. The molecule has 1 aromatic carbocycles. The van der Waals surface area contributed by atoms with Gasteiger partial charge in [-0.05, 0) is 25.3 Å². The van der Waals surface area contributed by atoms with Gasteiger partial charge in [0.1, 0.15) is 0 Å². The molecule has 5 heteroatoms. The number of aromatic nitrogens is 2. The Morgan fingerprint density at radius 3 is 3.00 bits per heavy atom. The molecule has 1 fully saturated rings. The third kappa shape index (κ3) is 2.58. The molecule has 3 rings (SSSR count). The second-order valence-electron chi connectivity index (χ2n) is 5.21. The molecule has 2 unspecified atom stereocenters. The van der Waals surface area contributed by atoms with E-state index in [9.17, 15) is 8.78 Å². The normalized spacial score (nSPS) is 22.3. The fourth-order valence-electron chi connectivity index (χ4n) is 2.93. The van der Waals surface area contributed by atoms with E-state index in [1.54, 1.807) is 12.3 Å². The third-order valence-electron chi connectivity index (χ3n) is 3.97. The summed E-state index contributed by atoms with van der Waals surface area (Å²) in [5.41, 5.74) is 0.376. The quantitative estimate of drug-likeness (QED) is 0.931. The zero-order chi connectivity index (χ0) is 13.9. The summed E-state index contributed by atoms with van der Waals surface area (Å²) >= 11 is 0. The van der Waals surface area contributed by atoms with Crippen LogP contribution in [0.25, 0.3) is 0 Å². The average Bonchev–Trinajstić information content (AvgIpc) is 3.10. The smallest absolute Gasteiger partial charge is 0.163 e. The summed E-state index contributed by atoms with van der Waals surface area (Å²) < 4.78 is 28.9. The van der Waals surface area contributed by atoms with E-state index in [2.05, 4.69) is 14.9 Å². The first-order valence-electron chi connectivity index (χ1n) is 6.89. The predicted molar refractivity (Wildman–Crippen MR) is 72.1 cm³/mol. The van der Waals surface area contributed by atoms with Crippen LogP contribution in [-0.2, 0) is 6.54 Å². The number of rotatable bonds is 4. The minimum atomic E-state index is -0.790. The van der Waals surface area contributed by atoms with Crippen molar-refractivity contribution in [1.82, 2.24) is 14.9 Å². The van der Waals surface area contributed by atoms with Crippen LogP contribution in [0.4, 0.5) is 8.78 Å². The largest absolute Gasteiger partial charge is 0.333 e. The standard InChI is InChI=1S/C15H17F2N3/c16-12-4-1-3-11(15(12)17)9-19-13-5-2-6-14(13)20-8-7-18-10-20/h1,3-4,7-8,10,13-14,19H,2,5-6,9H2. The Morgan fingerprint density at radius 2 is 2.20 bits per heavy atom. The molecule has 1 saturated carbocycles. The lowest BCUT2D eigenvalue weighted by Crippen LogP contribution is -2.33. The predicted octanol–water partition coefficient (Wildman–Crippen LogP) is 3.04. The Bertz CT molecular complexity index is 569. The van der Waals surface area contributed by atoms with Gasteiger partial charge in [-0.25, -0.2) is 13.8 Å². The molecule has 1 aliphatic rings.